The van der Waals surface area contributed by atoms with Crippen molar-refractivity contribution in [3.05, 3.63) is 57.9 Å². The summed E-state index contributed by atoms with van der Waals surface area (Å²) < 4.78 is 35.6. The Balaban J connectivity index is 1.68. The number of carbonyl (C=O) groups is 1. The minimum absolute atomic E-state index is 0.209. The predicted molar refractivity (Wildman–Crippen MR) is 130 cm³/mol. The van der Waals surface area contributed by atoms with Gasteiger partial charge in [0.2, 0.25) is 10.0 Å². The first-order valence-electron chi connectivity index (χ1n) is 11.2. The van der Waals surface area contributed by atoms with Gasteiger partial charge >= 0.3 is 0 Å². The molecule has 1 aromatic heterocycles. The molecule has 2 aromatic carbocycles. The Hall–Kier alpha value is -2.33. The van der Waals surface area contributed by atoms with Gasteiger partial charge in [0.05, 0.1) is 21.7 Å². The van der Waals surface area contributed by atoms with Crippen LogP contribution >= 0.6 is 11.3 Å². The number of aromatic nitrogens is 1. The van der Waals surface area contributed by atoms with Gasteiger partial charge in [-0.3, -0.25) is 4.79 Å². The van der Waals surface area contributed by atoms with Gasteiger partial charge in [-0.05, 0) is 75.1 Å². The minimum Gasteiger partial charge on any atom is -0.380 e. The lowest BCUT2D eigenvalue weighted by atomic mass is 10.1. The Kier molecular flexibility index (Phi) is 7.13. The number of amides is 1. The number of hydrogen-bond acceptors (Lipinski definition) is 5. The molecule has 4 rings (SSSR count). The van der Waals surface area contributed by atoms with E-state index in [0.29, 0.717) is 43.2 Å². The lowest BCUT2D eigenvalue weighted by Gasteiger charge is -2.15. The van der Waals surface area contributed by atoms with E-state index in [1.54, 1.807) is 12.1 Å². The van der Waals surface area contributed by atoms with Gasteiger partial charge in [-0.1, -0.05) is 17.4 Å². The van der Waals surface area contributed by atoms with Crippen molar-refractivity contribution in [2.24, 2.45) is 4.99 Å². The van der Waals surface area contributed by atoms with Gasteiger partial charge in [0.15, 0.2) is 4.80 Å². The van der Waals surface area contributed by atoms with Crippen LogP contribution in [0, 0.1) is 13.8 Å². The number of carbonyl (C=O) groups excluding carboxylic acids is 1. The maximum atomic E-state index is 13.0. The molecule has 1 aliphatic heterocycles. The summed E-state index contributed by atoms with van der Waals surface area (Å²) in [6, 6.07) is 10.3. The highest BCUT2D eigenvalue weighted by Gasteiger charge is 2.27. The van der Waals surface area contributed by atoms with E-state index in [1.807, 2.05) is 11.5 Å². The SMILES string of the molecule is CCOCCn1c(=NC(=O)c2ccc(S(=O)(=O)N3CCCC3)cc2)sc2cc(C)cc(C)c21. The monoisotopic (exact) mass is 487 g/mol. The Labute approximate surface area is 198 Å². The van der Waals surface area contributed by atoms with Gasteiger partial charge in [-0.15, -0.1) is 0 Å². The number of rotatable bonds is 7. The normalized spacial score (nSPS) is 15.5. The van der Waals surface area contributed by atoms with E-state index in [0.717, 1.165) is 34.2 Å². The van der Waals surface area contributed by atoms with Crippen LogP contribution in [0.1, 0.15) is 41.3 Å². The molecule has 2 heterocycles. The van der Waals surface area contributed by atoms with Crippen molar-refractivity contribution in [3.63, 3.8) is 0 Å². The average Bonchev–Trinajstić information content (AvgIpc) is 3.43. The molecular weight excluding hydrogens is 458 g/mol. The van der Waals surface area contributed by atoms with Crippen LogP contribution in [0.2, 0.25) is 0 Å². The molecule has 0 atom stereocenters. The summed E-state index contributed by atoms with van der Waals surface area (Å²) in [5.74, 6) is -0.397. The summed E-state index contributed by atoms with van der Waals surface area (Å²) in [5, 5.41) is 0. The lowest BCUT2D eigenvalue weighted by molar-refractivity contribution is 0.0996. The van der Waals surface area contributed by atoms with E-state index in [-0.39, 0.29) is 4.90 Å². The van der Waals surface area contributed by atoms with Crippen molar-refractivity contribution in [3.8, 4) is 0 Å². The molecule has 3 aromatic rings. The smallest absolute Gasteiger partial charge is 0.279 e. The Morgan fingerprint density at radius 3 is 2.48 bits per heavy atom. The number of aryl methyl sites for hydroxylation is 2. The second kappa shape index (κ2) is 9.89. The standard InChI is InChI=1S/C24H29N3O4S2/c1-4-31-14-13-27-22-18(3)15-17(2)16-21(22)32-24(27)25-23(28)19-7-9-20(10-8-19)33(29,30)26-11-5-6-12-26/h7-10,15-16H,4-6,11-14H2,1-3H3. The number of hydrogen-bond donors (Lipinski definition) is 0. The molecule has 1 amide bonds. The van der Waals surface area contributed by atoms with Crippen LogP contribution in [-0.4, -0.2) is 49.5 Å². The van der Waals surface area contributed by atoms with Gasteiger partial charge < -0.3 is 9.30 Å². The van der Waals surface area contributed by atoms with E-state index in [9.17, 15) is 13.2 Å². The van der Waals surface area contributed by atoms with Gasteiger partial charge in [-0.25, -0.2) is 8.42 Å². The summed E-state index contributed by atoms with van der Waals surface area (Å²) >= 11 is 1.47. The van der Waals surface area contributed by atoms with E-state index >= 15 is 0 Å². The molecule has 0 bridgehead atoms. The van der Waals surface area contributed by atoms with E-state index in [2.05, 4.69) is 31.0 Å². The van der Waals surface area contributed by atoms with Crippen molar-refractivity contribution >= 4 is 37.5 Å². The number of sulfonamides is 1. The third kappa shape index (κ3) is 4.96. The van der Waals surface area contributed by atoms with Gasteiger partial charge in [0.1, 0.15) is 0 Å². The third-order valence-corrected chi connectivity index (χ3v) is 8.71. The molecule has 9 heteroatoms. The molecule has 0 unspecified atom stereocenters. The highest BCUT2D eigenvalue weighted by molar-refractivity contribution is 7.89. The zero-order valence-corrected chi connectivity index (χ0v) is 20.8. The maximum absolute atomic E-state index is 13.0. The van der Waals surface area contributed by atoms with Crippen LogP contribution in [0.4, 0.5) is 0 Å². The number of benzene rings is 2. The van der Waals surface area contributed by atoms with Crippen LogP contribution in [0.25, 0.3) is 10.2 Å². The largest absolute Gasteiger partial charge is 0.380 e. The van der Waals surface area contributed by atoms with E-state index < -0.39 is 15.9 Å². The zero-order chi connectivity index (χ0) is 23.6. The van der Waals surface area contributed by atoms with Crippen molar-refractivity contribution in [2.45, 2.75) is 45.1 Å². The van der Waals surface area contributed by atoms with Gasteiger partial charge in [0.25, 0.3) is 5.91 Å². The van der Waals surface area contributed by atoms with Crippen LogP contribution < -0.4 is 4.80 Å². The van der Waals surface area contributed by atoms with Crippen molar-refractivity contribution in [1.82, 2.24) is 8.87 Å². The fourth-order valence-electron chi connectivity index (χ4n) is 4.18. The van der Waals surface area contributed by atoms with Gasteiger partial charge in [-0.2, -0.15) is 9.30 Å². The third-order valence-electron chi connectivity index (χ3n) is 5.78. The molecule has 33 heavy (non-hydrogen) atoms. The Morgan fingerprint density at radius 1 is 1.12 bits per heavy atom. The van der Waals surface area contributed by atoms with Crippen molar-refractivity contribution in [2.75, 3.05) is 26.3 Å². The fraction of sp³-hybridized carbons (Fsp3) is 0.417. The lowest BCUT2D eigenvalue weighted by Crippen LogP contribution is -2.27. The average molecular weight is 488 g/mol. The zero-order valence-electron chi connectivity index (χ0n) is 19.2. The highest BCUT2D eigenvalue weighted by atomic mass is 32.2. The van der Waals surface area contributed by atoms with Crippen LogP contribution in [-0.2, 0) is 21.3 Å². The molecule has 0 radical (unpaired) electrons. The van der Waals surface area contributed by atoms with Crippen LogP contribution in [0.5, 0.6) is 0 Å². The van der Waals surface area contributed by atoms with E-state index in [4.69, 9.17) is 4.74 Å². The number of ether oxygens (including phenoxy) is 1. The minimum atomic E-state index is -3.51. The van der Waals surface area contributed by atoms with Crippen molar-refractivity contribution in [1.29, 1.82) is 0 Å². The number of nitrogens with zero attached hydrogens (tertiary/aromatic N) is 3. The second-order valence-corrected chi connectivity index (χ2v) is 11.2. The van der Waals surface area contributed by atoms with Gasteiger partial charge in [0, 0.05) is 31.8 Å². The Bertz CT molecular complexity index is 1330. The second-order valence-electron chi connectivity index (χ2n) is 8.21. The molecule has 1 aliphatic rings. The molecule has 7 nitrogen and oxygen atoms in total. The summed E-state index contributed by atoms with van der Waals surface area (Å²) in [6.07, 6.45) is 1.76. The topological polar surface area (TPSA) is 81.0 Å². The molecule has 0 saturated carbocycles. The summed E-state index contributed by atoms with van der Waals surface area (Å²) in [6.45, 7) is 8.90. The fourth-order valence-corrected chi connectivity index (χ4v) is 6.93. The quantitative estimate of drug-likeness (QED) is 0.474. The molecular formula is C24H29N3O4S2. The predicted octanol–water partition coefficient (Wildman–Crippen LogP) is 3.88. The first kappa shape index (κ1) is 23.8. The maximum Gasteiger partial charge on any atom is 0.279 e. The van der Waals surface area contributed by atoms with Crippen molar-refractivity contribution < 1.29 is 17.9 Å². The first-order valence-corrected chi connectivity index (χ1v) is 13.4. The van der Waals surface area contributed by atoms with Crippen LogP contribution in [0.15, 0.2) is 46.3 Å². The molecule has 1 fully saturated rings. The molecule has 0 aliphatic carbocycles. The van der Waals surface area contributed by atoms with Crippen LogP contribution in [0.3, 0.4) is 0 Å². The number of fused-ring (bicyclic) bond motifs is 1. The summed E-state index contributed by atoms with van der Waals surface area (Å²) in [7, 11) is -3.51. The molecule has 176 valence electrons. The number of thiazole rings is 1. The first-order chi connectivity index (χ1) is 15.8. The highest BCUT2D eigenvalue weighted by Crippen LogP contribution is 2.24. The van der Waals surface area contributed by atoms with E-state index in [1.165, 1.54) is 27.8 Å². The molecule has 1 saturated heterocycles. The summed E-state index contributed by atoms with van der Waals surface area (Å²) in [4.78, 5) is 18.2. The summed E-state index contributed by atoms with van der Waals surface area (Å²) in [5.41, 5.74) is 3.70. The Morgan fingerprint density at radius 2 is 1.82 bits per heavy atom. The molecule has 0 spiro atoms. The molecule has 0 N–H and O–H groups in total.